The van der Waals surface area contributed by atoms with Crippen molar-refractivity contribution in [3.8, 4) is 5.75 Å². The number of hydrogen-bond acceptors (Lipinski definition) is 3. The van der Waals surface area contributed by atoms with Crippen LogP contribution in [0.15, 0.2) is 35.4 Å². The maximum absolute atomic E-state index is 11.4. The van der Waals surface area contributed by atoms with Crippen LogP contribution in [-0.2, 0) is 4.79 Å². The zero-order valence-corrected chi connectivity index (χ0v) is 9.93. The molecule has 0 N–H and O–H groups in total. The van der Waals surface area contributed by atoms with E-state index in [9.17, 15) is 4.79 Å². The van der Waals surface area contributed by atoms with Gasteiger partial charge in [0, 0.05) is 18.7 Å². The summed E-state index contributed by atoms with van der Waals surface area (Å²) in [5.41, 5.74) is 0.888. The predicted molar refractivity (Wildman–Crippen MR) is 66.0 cm³/mol. The maximum Gasteiger partial charge on any atom is 0.248 e. The number of carbonyl (C=O) groups excluding carboxylic acids is 1. The maximum atomic E-state index is 11.4. The number of benzene rings is 1. The van der Waals surface area contributed by atoms with Gasteiger partial charge in [-0.3, -0.25) is 4.79 Å². The molecular formula is C13H16N2O2. The van der Waals surface area contributed by atoms with Crippen molar-refractivity contribution in [1.29, 1.82) is 0 Å². The van der Waals surface area contributed by atoms with Crippen molar-refractivity contribution in [3.05, 3.63) is 30.3 Å². The van der Waals surface area contributed by atoms with Gasteiger partial charge in [0.05, 0.1) is 13.0 Å². The lowest BCUT2D eigenvalue weighted by Gasteiger charge is -2.11. The van der Waals surface area contributed by atoms with E-state index in [1.165, 1.54) is 5.01 Å². The van der Waals surface area contributed by atoms with Crippen LogP contribution in [0.1, 0.15) is 19.8 Å². The molecule has 1 aromatic carbocycles. The third-order valence-corrected chi connectivity index (χ3v) is 2.51. The molecule has 4 heteroatoms. The van der Waals surface area contributed by atoms with Gasteiger partial charge in [0.2, 0.25) is 5.91 Å². The predicted octanol–water partition coefficient (Wildman–Crippen LogP) is 2.06. The number of para-hydroxylation sites is 1. The van der Waals surface area contributed by atoms with Crippen LogP contribution in [0.2, 0.25) is 0 Å². The van der Waals surface area contributed by atoms with Gasteiger partial charge in [-0.15, -0.1) is 0 Å². The summed E-state index contributed by atoms with van der Waals surface area (Å²) >= 11 is 0. The van der Waals surface area contributed by atoms with Crippen LogP contribution in [0.4, 0.5) is 0 Å². The first kappa shape index (κ1) is 11.6. The Labute approximate surface area is 101 Å². The summed E-state index contributed by atoms with van der Waals surface area (Å²) in [6.45, 7) is 3.10. The summed E-state index contributed by atoms with van der Waals surface area (Å²) in [7, 11) is 0. The highest BCUT2D eigenvalue weighted by molar-refractivity contribution is 6.03. The van der Waals surface area contributed by atoms with Crippen LogP contribution in [0.3, 0.4) is 0 Å². The number of rotatable bonds is 5. The van der Waals surface area contributed by atoms with E-state index < -0.39 is 0 Å². The van der Waals surface area contributed by atoms with Crippen LogP contribution < -0.4 is 4.74 Å². The van der Waals surface area contributed by atoms with Gasteiger partial charge in [-0.1, -0.05) is 18.2 Å². The molecule has 0 aliphatic carbocycles. The standard InChI is InChI=1S/C13H16N2O2/c1-11-10-13(16)15(14-11)8-5-9-17-12-6-3-2-4-7-12/h2-4,6-7H,5,8-10H2,1H3. The van der Waals surface area contributed by atoms with Crippen LogP contribution >= 0.6 is 0 Å². The van der Waals surface area contributed by atoms with Gasteiger partial charge in [-0.25, -0.2) is 5.01 Å². The van der Waals surface area contributed by atoms with Crippen LogP contribution in [0.25, 0.3) is 0 Å². The van der Waals surface area contributed by atoms with Crippen LogP contribution in [0.5, 0.6) is 5.75 Å². The zero-order chi connectivity index (χ0) is 12.1. The molecule has 1 amide bonds. The minimum Gasteiger partial charge on any atom is -0.494 e. The van der Waals surface area contributed by atoms with Gasteiger partial charge in [0.15, 0.2) is 0 Å². The highest BCUT2D eigenvalue weighted by Crippen LogP contribution is 2.10. The largest absolute Gasteiger partial charge is 0.494 e. The first-order valence-electron chi connectivity index (χ1n) is 5.78. The Morgan fingerprint density at radius 3 is 2.76 bits per heavy atom. The van der Waals surface area contributed by atoms with Gasteiger partial charge >= 0.3 is 0 Å². The van der Waals surface area contributed by atoms with Crippen molar-refractivity contribution >= 4 is 11.6 Å². The van der Waals surface area contributed by atoms with Gasteiger partial charge in [-0.05, 0) is 19.1 Å². The summed E-state index contributed by atoms with van der Waals surface area (Å²) in [4.78, 5) is 11.4. The number of ether oxygens (including phenoxy) is 1. The fourth-order valence-electron chi connectivity index (χ4n) is 1.70. The Kier molecular flexibility index (Phi) is 3.75. The van der Waals surface area contributed by atoms with E-state index >= 15 is 0 Å². The van der Waals surface area contributed by atoms with E-state index in [2.05, 4.69) is 5.10 Å². The number of hydrogen-bond donors (Lipinski definition) is 0. The molecule has 0 radical (unpaired) electrons. The molecule has 0 spiro atoms. The van der Waals surface area contributed by atoms with Crippen molar-refractivity contribution in [2.45, 2.75) is 19.8 Å². The molecule has 90 valence electrons. The molecule has 0 bridgehead atoms. The molecule has 1 aliphatic heterocycles. The monoisotopic (exact) mass is 232 g/mol. The van der Waals surface area contributed by atoms with Gasteiger partial charge in [0.25, 0.3) is 0 Å². The third kappa shape index (κ3) is 3.31. The minimum absolute atomic E-state index is 0.0854. The molecule has 0 saturated carbocycles. The third-order valence-electron chi connectivity index (χ3n) is 2.51. The topological polar surface area (TPSA) is 41.9 Å². The summed E-state index contributed by atoms with van der Waals surface area (Å²) in [6.07, 6.45) is 1.25. The fourth-order valence-corrected chi connectivity index (χ4v) is 1.70. The van der Waals surface area contributed by atoms with Crippen molar-refractivity contribution in [2.75, 3.05) is 13.2 Å². The summed E-state index contributed by atoms with van der Waals surface area (Å²) in [6, 6.07) is 9.67. The molecule has 2 rings (SSSR count). The normalized spacial score (nSPS) is 15.0. The number of amides is 1. The first-order valence-corrected chi connectivity index (χ1v) is 5.78. The molecule has 0 atom stereocenters. The second-order valence-corrected chi connectivity index (χ2v) is 4.04. The highest BCUT2D eigenvalue weighted by Gasteiger charge is 2.19. The quantitative estimate of drug-likeness (QED) is 0.729. The second-order valence-electron chi connectivity index (χ2n) is 4.04. The van der Waals surface area contributed by atoms with Crippen molar-refractivity contribution in [1.82, 2.24) is 5.01 Å². The number of hydrazone groups is 1. The van der Waals surface area contributed by atoms with Gasteiger partial charge in [0.1, 0.15) is 5.75 Å². The van der Waals surface area contributed by atoms with Crippen molar-refractivity contribution < 1.29 is 9.53 Å². The Balaban J connectivity index is 1.69. The lowest BCUT2D eigenvalue weighted by Crippen LogP contribution is -2.23. The minimum atomic E-state index is 0.0854. The lowest BCUT2D eigenvalue weighted by molar-refractivity contribution is -0.128. The Morgan fingerprint density at radius 2 is 2.12 bits per heavy atom. The molecule has 17 heavy (non-hydrogen) atoms. The molecule has 1 aromatic rings. The van der Waals surface area contributed by atoms with E-state index in [0.717, 1.165) is 17.9 Å². The summed E-state index contributed by atoms with van der Waals surface area (Å²) in [5.74, 6) is 0.946. The Morgan fingerprint density at radius 1 is 1.35 bits per heavy atom. The van der Waals surface area contributed by atoms with E-state index in [4.69, 9.17) is 4.74 Å². The molecule has 0 unspecified atom stereocenters. The van der Waals surface area contributed by atoms with E-state index in [-0.39, 0.29) is 5.91 Å². The zero-order valence-electron chi connectivity index (χ0n) is 9.93. The van der Waals surface area contributed by atoms with Gasteiger partial charge in [-0.2, -0.15) is 5.10 Å². The SMILES string of the molecule is CC1=NN(CCCOc2ccccc2)C(=O)C1. The molecule has 1 aliphatic rings. The molecule has 0 saturated heterocycles. The summed E-state index contributed by atoms with van der Waals surface area (Å²) < 4.78 is 5.54. The van der Waals surface area contributed by atoms with Crippen molar-refractivity contribution in [2.24, 2.45) is 5.10 Å². The molecule has 0 aromatic heterocycles. The summed E-state index contributed by atoms with van der Waals surface area (Å²) in [5, 5.41) is 5.69. The average Bonchev–Trinajstić information content (AvgIpc) is 2.65. The van der Waals surface area contributed by atoms with E-state index in [1.54, 1.807) is 0 Å². The van der Waals surface area contributed by atoms with E-state index in [0.29, 0.717) is 19.6 Å². The van der Waals surface area contributed by atoms with E-state index in [1.807, 2.05) is 37.3 Å². The molecular weight excluding hydrogens is 216 g/mol. The van der Waals surface area contributed by atoms with Gasteiger partial charge < -0.3 is 4.74 Å². The number of nitrogens with zero attached hydrogens (tertiary/aromatic N) is 2. The Bertz CT molecular complexity index is 415. The average molecular weight is 232 g/mol. The fraction of sp³-hybridized carbons (Fsp3) is 0.385. The Hall–Kier alpha value is -1.84. The van der Waals surface area contributed by atoms with Crippen molar-refractivity contribution in [3.63, 3.8) is 0 Å². The first-order chi connectivity index (χ1) is 8.25. The highest BCUT2D eigenvalue weighted by atomic mass is 16.5. The molecule has 4 nitrogen and oxygen atoms in total. The number of carbonyl (C=O) groups is 1. The molecule has 0 fully saturated rings. The van der Waals surface area contributed by atoms with Crippen LogP contribution in [0, 0.1) is 0 Å². The lowest BCUT2D eigenvalue weighted by atomic mass is 10.3. The smallest absolute Gasteiger partial charge is 0.248 e. The molecule has 1 heterocycles. The van der Waals surface area contributed by atoms with Crippen LogP contribution in [-0.4, -0.2) is 29.8 Å². The second kappa shape index (κ2) is 5.48.